The van der Waals surface area contributed by atoms with Gasteiger partial charge in [0.05, 0.1) is 5.56 Å². The Morgan fingerprint density at radius 1 is 1.09 bits per heavy atom. The van der Waals surface area contributed by atoms with Crippen LogP contribution in [-0.2, 0) is 12.8 Å². The highest BCUT2D eigenvalue weighted by Crippen LogP contribution is 2.35. The van der Waals surface area contributed by atoms with Gasteiger partial charge in [-0.05, 0) is 59.7 Å². The molecule has 0 amide bonds. The minimum atomic E-state index is -0.592. The van der Waals surface area contributed by atoms with Crippen LogP contribution in [0.4, 0.5) is 13.2 Å². The van der Waals surface area contributed by atoms with Crippen molar-refractivity contribution in [1.29, 1.82) is 5.26 Å². The van der Waals surface area contributed by atoms with Crippen LogP contribution in [0.3, 0.4) is 0 Å². The SMILES string of the molecule is CCc1cc(F)c(C2=Cc3ccc(C#N)c(F)c3CC2)c(F)c1. The van der Waals surface area contributed by atoms with Gasteiger partial charge in [0, 0.05) is 5.56 Å². The molecule has 0 aliphatic heterocycles. The van der Waals surface area contributed by atoms with Crippen LogP contribution in [0, 0.1) is 28.8 Å². The van der Waals surface area contributed by atoms with Crippen molar-refractivity contribution < 1.29 is 13.2 Å². The lowest BCUT2D eigenvalue weighted by molar-refractivity contribution is 0.571. The normalized spacial score (nSPS) is 13.3. The molecule has 0 heterocycles. The number of rotatable bonds is 2. The van der Waals surface area contributed by atoms with Crippen molar-refractivity contribution in [3.8, 4) is 6.07 Å². The van der Waals surface area contributed by atoms with Crippen molar-refractivity contribution in [2.45, 2.75) is 26.2 Å². The Morgan fingerprint density at radius 2 is 1.78 bits per heavy atom. The Hall–Kier alpha value is -2.54. The van der Waals surface area contributed by atoms with Crippen molar-refractivity contribution >= 4 is 11.6 Å². The van der Waals surface area contributed by atoms with Crippen LogP contribution in [0.1, 0.15) is 41.2 Å². The third kappa shape index (κ3) is 2.63. The molecule has 116 valence electrons. The van der Waals surface area contributed by atoms with Gasteiger partial charge in [0.25, 0.3) is 0 Å². The number of nitriles is 1. The summed E-state index contributed by atoms with van der Waals surface area (Å²) in [5.41, 5.74) is 2.06. The van der Waals surface area contributed by atoms with E-state index in [1.54, 1.807) is 18.2 Å². The number of hydrogen-bond donors (Lipinski definition) is 0. The molecule has 0 unspecified atom stereocenters. The zero-order valence-electron chi connectivity index (χ0n) is 12.6. The van der Waals surface area contributed by atoms with Gasteiger partial charge in [0.15, 0.2) is 0 Å². The highest BCUT2D eigenvalue weighted by Gasteiger charge is 2.21. The van der Waals surface area contributed by atoms with E-state index in [0.29, 0.717) is 41.5 Å². The summed E-state index contributed by atoms with van der Waals surface area (Å²) >= 11 is 0. The number of allylic oxidation sites excluding steroid dienone is 1. The lowest BCUT2D eigenvalue weighted by Gasteiger charge is -2.19. The minimum Gasteiger partial charge on any atom is -0.206 e. The maximum Gasteiger partial charge on any atom is 0.144 e. The Morgan fingerprint density at radius 3 is 2.39 bits per heavy atom. The van der Waals surface area contributed by atoms with Gasteiger partial charge in [0.1, 0.15) is 23.5 Å². The van der Waals surface area contributed by atoms with E-state index in [1.807, 2.05) is 6.92 Å². The van der Waals surface area contributed by atoms with Gasteiger partial charge in [-0.25, -0.2) is 13.2 Å². The average molecular weight is 313 g/mol. The number of fused-ring (bicyclic) bond motifs is 1. The summed E-state index contributed by atoms with van der Waals surface area (Å²) in [5, 5.41) is 8.87. The molecule has 0 atom stereocenters. The molecule has 2 aromatic rings. The minimum absolute atomic E-state index is 0.00902. The zero-order valence-corrected chi connectivity index (χ0v) is 12.6. The fourth-order valence-corrected chi connectivity index (χ4v) is 2.97. The highest BCUT2D eigenvalue weighted by atomic mass is 19.1. The molecule has 3 rings (SSSR count). The summed E-state index contributed by atoms with van der Waals surface area (Å²) in [7, 11) is 0. The van der Waals surface area contributed by atoms with E-state index >= 15 is 0 Å². The highest BCUT2D eigenvalue weighted by molar-refractivity contribution is 5.85. The van der Waals surface area contributed by atoms with E-state index in [2.05, 4.69) is 0 Å². The van der Waals surface area contributed by atoms with E-state index in [-0.39, 0.29) is 11.1 Å². The summed E-state index contributed by atoms with van der Waals surface area (Å²) in [6.07, 6.45) is 2.81. The van der Waals surface area contributed by atoms with Gasteiger partial charge in [-0.15, -0.1) is 0 Å². The summed E-state index contributed by atoms with van der Waals surface area (Å²) in [4.78, 5) is 0. The molecule has 0 fully saturated rings. The lowest BCUT2D eigenvalue weighted by atomic mass is 9.86. The zero-order chi connectivity index (χ0) is 16.6. The second-order valence-electron chi connectivity index (χ2n) is 5.56. The van der Waals surface area contributed by atoms with Crippen molar-refractivity contribution in [2.75, 3.05) is 0 Å². The number of benzene rings is 2. The molecule has 0 N–H and O–H groups in total. The summed E-state index contributed by atoms with van der Waals surface area (Å²) in [5.74, 6) is -1.72. The molecule has 0 aromatic heterocycles. The second kappa shape index (κ2) is 5.92. The van der Waals surface area contributed by atoms with E-state index in [1.165, 1.54) is 18.2 Å². The molecule has 4 heteroatoms. The Labute approximate surface area is 132 Å². The van der Waals surface area contributed by atoms with Crippen molar-refractivity contribution in [3.05, 3.63) is 69.5 Å². The van der Waals surface area contributed by atoms with Gasteiger partial charge in [-0.2, -0.15) is 5.26 Å². The van der Waals surface area contributed by atoms with Crippen molar-refractivity contribution in [1.82, 2.24) is 0 Å². The summed E-state index contributed by atoms with van der Waals surface area (Å²) in [6, 6.07) is 7.49. The van der Waals surface area contributed by atoms with E-state index < -0.39 is 17.5 Å². The quantitative estimate of drug-likeness (QED) is 0.763. The predicted molar refractivity (Wildman–Crippen MR) is 83.0 cm³/mol. The molecular weight excluding hydrogens is 299 g/mol. The predicted octanol–water partition coefficient (Wildman–Crippen LogP) is 5.02. The standard InChI is InChI=1S/C19H14F3N/c1-2-11-7-16(20)18(17(21)8-11)13-5-6-15-12(9-13)3-4-14(10-23)19(15)22/h3-4,7-9H,2,5-6H2,1H3. The fraction of sp³-hybridized carbons (Fsp3) is 0.211. The van der Waals surface area contributed by atoms with E-state index in [0.717, 1.165) is 0 Å². The molecule has 1 aliphatic rings. The van der Waals surface area contributed by atoms with Crippen LogP contribution in [0.2, 0.25) is 0 Å². The first-order chi connectivity index (χ1) is 11.0. The number of nitrogens with zero attached hydrogens (tertiary/aromatic N) is 1. The molecule has 1 nitrogen and oxygen atoms in total. The van der Waals surface area contributed by atoms with Gasteiger partial charge in [-0.1, -0.05) is 19.1 Å². The van der Waals surface area contributed by atoms with Gasteiger partial charge < -0.3 is 0 Å². The van der Waals surface area contributed by atoms with Crippen molar-refractivity contribution in [2.24, 2.45) is 0 Å². The molecule has 23 heavy (non-hydrogen) atoms. The third-order valence-corrected chi connectivity index (χ3v) is 4.21. The molecule has 0 saturated carbocycles. The largest absolute Gasteiger partial charge is 0.206 e. The maximum atomic E-state index is 14.3. The molecule has 0 radical (unpaired) electrons. The fourth-order valence-electron chi connectivity index (χ4n) is 2.97. The first-order valence-electron chi connectivity index (χ1n) is 7.45. The topological polar surface area (TPSA) is 23.8 Å². The molecule has 2 aromatic carbocycles. The van der Waals surface area contributed by atoms with E-state index in [4.69, 9.17) is 5.26 Å². The number of aryl methyl sites for hydroxylation is 1. The summed E-state index contributed by atoms with van der Waals surface area (Å²) < 4.78 is 42.7. The second-order valence-corrected chi connectivity index (χ2v) is 5.56. The number of hydrogen-bond acceptors (Lipinski definition) is 1. The Kier molecular flexibility index (Phi) is 3.96. The molecule has 0 saturated heterocycles. The van der Waals surface area contributed by atoms with E-state index in [9.17, 15) is 13.2 Å². The molecular formula is C19H14F3N. The van der Waals surface area contributed by atoms with Crippen LogP contribution < -0.4 is 0 Å². The molecule has 1 aliphatic carbocycles. The first kappa shape index (κ1) is 15.4. The van der Waals surface area contributed by atoms with Crippen LogP contribution in [-0.4, -0.2) is 0 Å². The van der Waals surface area contributed by atoms with Gasteiger partial charge in [0.2, 0.25) is 0 Å². The first-order valence-corrected chi connectivity index (χ1v) is 7.45. The maximum absolute atomic E-state index is 14.3. The van der Waals surface area contributed by atoms with Gasteiger partial charge in [-0.3, -0.25) is 0 Å². The molecule has 0 spiro atoms. The monoisotopic (exact) mass is 313 g/mol. The Bertz CT molecular complexity index is 837. The van der Waals surface area contributed by atoms with Crippen molar-refractivity contribution in [3.63, 3.8) is 0 Å². The Balaban J connectivity index is 2.11. The van der Waals surface area contributed by atoms with Crippen LogP contribution in [0.15, 0.2) is 24.3 Å². The van der Waals surface area contributed by atoms with Gasteiger partial charge >= 0.3 is 0 Å². The van der Waals surface area contributed by atoms with Crippen LogP contribution in [0.25, 0.3) is 11.6 Å². The number of halogens is 3. The average Bonchev–Trinajstić information content (AvgIpc) is 2.54. The smallest absolute Gasteiger partial charge is 0.144 e. The third-order valence-electron chi connectivity index (χ3n) is 4.21. The van der Waals surface area contributed by atoms with Crippen LogP contribution >= 0.6 is 0 Å². The molecule has 0 bridgehead atoms. The summed E-state index contributed by atoms with van der Waals surface area (Å²) in [6.45, 7) is 1.83. The lowest BCUT2D eigenvalue weighted by Crippen LogP contribution is -2.06. The van der Waals surface area contributed by atoms with Crippen LogP contribution in [0.5, 0.6) is 0 Å².